The first-order valence-corrected chi connectivity index (χ1v) is 10.4. The summed E-state index contributed by atoms with van der Waals surface area (Å²) in [5.74, 6) is 0.972. The molecule has 0 radical (unpaired) electrons. The summed E-state index contributed by atoms with van der Waals surface area (Å²) in [5.41, 5.74) is 1.78. The number of methoxy groups -OCH3 is 2. The van der Waals surface area contributed by atoms with Gasteiger partial charge in [0.05, 0.1) is 25.8 Å². The number of ether oxygens (including phenoxy) is 2. The monoisotopic (exact) mass is 456 g/mol. The lowest BCUT2D eigenvalue weighted by atomic mass is 9.87. The molecule has 1 N–H and O–H groups in total. The van der Waals surface area contributed by atoms with Crippen molar-refractivity contribution < 1.29 is 27.4 Å². The van der Waals surface area contributed by atoms with Gasteiger partial charge in [0, 0.05) is 12.2 Å². The molecule has 8 heteroatoms. The Morgan fingerprint density at radius 3 is 2.33 bits per heavy atom. The van der Waals surface area contributed by atoms with Crippen molar-refractivity contribution in [1.82, 2.24) is 4.90 Å². The molecular formula is C25H23F3N2O3. The van der Waals surface area contributed by atoms with Gasteiger partial charge >= 0.3 is 12.2 Å². The summed E-state index contributed by atoms with van der Waals surface area (Å²) >= 11 is 0. The van der Waals surface area contributed by atoms with Crippen molar-refractivity contribution in [1.29, 1.82) is 0 Å². The Kier molecular flexibility index (Phi) is 6.18. The van der Waals surface area contributed by atoms with Crippen molar-refractivity contribution in [2.75, 3.05) is 26.1 Å². The Balaban J connectivity index is 1.82. The van der Waals surface area contributed by atoms with Gasteiger partial charge in [0.1, 0.15) is 0 Å². The molecule has 0 aliphatic carbocycles. The molecule has 3 aromatic rings. The van der Waals surface area contributed by atoms with Crippen LogP contribution in [0, 0.1) is 0 Å². The number of nitrogens with one attached hydrogen (secondary N) is 1. The van der Waals surface area contributed by atoms with Crippen LogP contribution in [0.5, 0.6) is 11.5 Å². The van der Waals surface area contributed by atoms with Gasteiger partial charge in [-0.15, -0.1) is 0 Å². The lowest BCUT2D eigenvalue weighted by molar-refractivity contribution is -0.137. The number of rotatable bonds is 4. The van der Waals surface area contributed by atoms with Crippen LogP contribution in [0.15, 0.2) is 66.7 Å². The van der Waals surface area contributed by atoms with Crippen molar-refractivity contribution in [3.63, 3.8) is 0 Å². The number of carbonyl (C=O) groups is 1. The van der Waals surface area contributed by atoms with Crippen molar-refractivity contribution in [3.05, 3.63) is 89.0 Å². The zero-order chi connectivity index (χ0) is 23.6. The van der Waals surface area contributed by atoms with Gasteiger partial charge in [-0.05, 0) is 59.5 Å². The molecule has 1 aliphatic rings. The zero-order valence-electron chi connectivity index (χ0n) is 18.1. The molecule has 33 heavy (non-hydrogen) atoms. The Hall–Kier alpha value is -3.68. The molecule has 1 heterocycles. The number of carbonyl (C=O) groups excluding carboxylic acids is 1. The number of anilines is 1. The van der Waals surface area contributed by atoms with Crippen LogP contribution in [0.2, 0.25) is 0 Å². The van der Waals surface area contributed by atoms with Gasteiger partial charge in [0.25, 0.3) is 0 Å². The smallest absolute Gasteiger partial charge is 0.416 e. The number of hydrogen-bond acceptors (Lipinski definition) is 3. The fraction of sp³-hybridized carbons (Fsp3) is 0.240. The second-order valence-electron chi connectivity index (χ2n) is 7.67. The van der Waals surface area contributed by atoms with Gasteiger partial charge in [-0.25, -0.2) is 4.79 Å². The number of hydrogen-bond donors (Lipinski definition) is 1. The third kappa shape index (κ3) is 4.60. The predicted octanol–water partition coefficient (Wildman–Crippen LogP) is 5.90. The van der Waals surface area contributed by atoms with Gasteiger partial charge in [0.15, 0.2) is 11.5 Å². The Bertz CT molecular complexity index is 1150. The largest absolute Gasteiger partial charge is 0.493 e. The van der Waals surface area contributed by atoms with E-state index in [1.54, 1.807) is 41.3 Å². The number of alkyl halides is 3. The average Bonchev–Trinajstić information content (AvgIpc) is 2.82. The van der Waals surface area contributed by atoms with Crippen LogP contribution in [0.1, 0.15) is 28.3 Å². The summed E-state index contributed by atoms with van der Waals surface area (Å²) < 4.78 is 51.2. The van der Waals surface area contributed by atoms with Crippen molar-refractivity contribution in [2.45, 2.75) is 18.6 Å². The van der Waals surface area contributed by atoms with E-state index in [-0.39, 0.29) is 0 Å². The standard InChI is InChI=1S/C25H23F3N2O3/c1-32-21-14-16-11-12-30(24(31)29-19-9-4-3-5-10-19)23(20(16)15-22(21)33-2)17-7-6-8-18(13-17)25(26,27)28/h3-10,13-15,23H,11-12H2,1-2H3,(H,29,31)/t23-/m0/s1. The van der Waals surface area contributed by atoms with E-state index in [1.807, 2.05) is 12.1 Å². The highest BCUT2D eigenvalue weighted by Gasteiger charge is 2.36. The molecule has 0 spiro atoms. The second-order valence-corrected chi connectivity index (χ2v) is 7.67. The third-order valence-corrected chi connectivity index (χ3v) is 5.69. The highest BCUT2D eigenvalue weighted by atomic mass is 19.4. The van der Waals surface area contributed by atoms with E-state index in [9.17, 15) is 18.0 Å². The van der Waals surface area contributed by atoms with Crippen LogP contribution in [0.4, 0.5) is 23.7 Å². The minimum atomic E-state index is -4.50. The van der Waals surface area contributed by atoms with Crippen LogP contribution in [-0.4, -0.2) is 31.7 Å². The van der Waals surface area contributed by atoms with E-state index in [0.717, 1.165) is 17.7 Å². The minimum absolute atomic E-state index is 0.321. The van der Waals surface area contributed by atoms with E-state index in [0.29, 0.717) is 41.3 Å². The molecule has 1 atom stereocenters. The highest BCUT2D eigenvalue weighted by molar-refractivity contribution is 5.90. The number of halogens is 3. The topological polar surface area (TPSA) is 50.8 Å². The molecule has 0 fully saturated rings. The lowest BCUT2D eigenvalue weighted by Gasteiger charge is -2.38. The van der Waals surface area contributed by atoms with Crippen molar-refractivity contribution >= 4 is 11.7 Å². The van der Waals surface area contributed by atoms with E-state index < -0.39 is 23.8 Å². The predicted molar refractivity (Wildman–Crippen MR) is 119 cm³/mol. The van der Waals surface area contributed by atoms with Gasteiger partial charge < -0.3 is 19.7 Å². The summed E-state index contributed by atoms with van der Waals surface area (Å²) in [7, 11) is 3.02. The Morgan fingerprint density at radius 2 is 1.67 bits per heavy atom. The van der Waals surface area contributed by atoms with Gasteiger partial charge in [-0.3, -0.25) is 0 Å². The summed E-state index contributed by atoms with van der Waals surface area (Å²) in [5, 5.41) is 2.85. The number of para-hydroxylation sites is 1. The van der Waals surface area contributed by atoms with E-state index in [1.165, 1.54) is 20.3 Å². The van der Waals surface area contributed by atoms with Crippen molar-refractivity contribution in [2.24, 2.45) is 0 Å². The molecule has 3 aromatic carbocycles. The first kappa shape index (κ1) is 22.5. The van der Waals surface area contributed by atoms with Crippen LogP contribution in [0.3, 0.4) is 0 Å². The van der Waals surface area contributed by atoms with Gasteiger partial charge in [0.2, 0.25) is 0 Å². The highest BCUT2D eigenvalue weighted by Crippen LogP contribution is 2.42. The van der Waals surface area contributed by atoms with E-state index >= 15 is 0 Å². The van der Waals surface area contributed by atoms with Crippen LogP contribution in [0.25, 0.3) is 0 Å². The first-order valence-electron chi connectivity index (χ1n) is 10.4. The Morgan fingerprint density at radius 1 is 0.970 bits per heavy atom. The number of fused-ring (bicyclic) bond motifs is 1. The maximum atomic E-state index is 13.5. The molecule has 5 nitrogen and oxygen atoms in total. The fourth-order valence-corrected chi connectivity index (χ4v) is 4.13. The number of nitrogens with zero attached hydrogens (tertiary/aromatic N) is 1. The third-order valence-electron chi connectivity index (χ3n) is 5.69. The van der Waals surface area contributed by atoms with Crippen molar-refractivity contribution in [3.8, 4) is 11.5 Å². The van der Waals surface area contributed by atoms with Gasteiger partial charge in [-0.2, -0.15) is 13.2 Å². The maximum absolute atomic E-state index is 13.5. The number of benzene rings is 3. The molecule has 2 amide bonds. The SMILES string of the molecule is COc1cc2c(cc1OC)[C@H](c1cccc(C(F)(F)F)c1)N(C(=O)Nc1ccccc1)CC2. The van der Waals surface area contributed by atoms with Gasteiger partial charge in [-0.1, -0.05) is 30.3 Å². The molecule has 0 bridgehead atoms. The minimum Gasteiger partial charge on any atom is -0.493 e. The molecule has 0 saturated heterocycles. The molecular weight excluding hydrogens is 433 g/mol. The quantitative estimate of drug-likeness (QED) is 0.532. The lowest BCUT2D eigenvalue weighted by Crippen LogP contribution is -2.43. The summed E-state index contributed by atoms with van der Waals surface area (Å²) in [4.78, 5) is 14.8. The molecule has 4 rings (SSSR count). The van der Waals surface area contributed by atoms with Crippen LogP contribution in [-0.2, 0) is 12.6 Å². The first-order chi connectivity index (χ1) is 15.8. The molecule has 0 aromatic heterocycles. The Labute approximate surface area is 189 Å². The van der Waals surface area contributed by atoms with E-state index in [2.05, 4.69) is 5.32 Å². The number of urea groups is 1. The molecule has 0 saturated carbocycles. The summed E-state index contributed by atoms with van der Waals surface area (Å²) in [6, 6.07) is 16.4. The fourth-order valence-electron chi connectivity index (χ4n) is 4.13. The average molecular weight is 456 g/mol. The second kappa shape index (κ2) is 9.05. The van der Waals surface area contributed by atoms with E-state index in [4.69, 9.17) is 9.47 Å². The molecule has 172 valence electrons. The van der Waals surface area contributed by atoms with Crippen LogP contribution < -0.4 is 14.8 Å². The maximum Gasteiger partial charge on any atom is 0.416 e. The number of amides is 2. The summed E-state index contributed by atoms with van der Waals surface area (Å²) in [6.07, 6.45) is -3.98. The molecule has 0 unspecified atom stereocenters. The molecule has 1 aliphatic heterocycles. The van der Waals surface area contributed by atoms with Crippen LogP contribution >= 0.6 is 0 Å². The zero-order valence-corrected chi connectivity index (χ0v) is 18.1. The summed E-state index contributed by atoms with van der Waals surface area (Å²) in [6.45, 7) is 0.321. The normalized spacial score (nSPS) is 15.5.